The molecule has 3 aromatic rings. The number of carbonyl (C=O) groups is 1. The average molecular weight is 449 g/mol. The van der Waals surface area contributed by atoms with Crippen molar-refractivity contribution < 1.29 is 17.7 Å². The fourth-order valence-corrected chi connectivity index (χ4v) is 4.07. The number of aromatic nitrogens is 1. The lowest BCUT2D eigenvalue weighted by Crippen LogP contribution is -2.14. The zero-order chi connectivity index (χ0) is 22.7. The smallest absolute Gasteiger partial charge is 0.261 e. The van der Waals surface area contributed by atoms with E-state index < -0.39 is 10.0 Å². The van der Waals surface area contributed by atoms with E-state index in [0.29, 0.717) is 28.4 Å². The maximum atomic E-state index is 12.6. The molecule has 162 valence electrons. The molecule has 0 aliphatic heterocycles. The summed E-state index contributed by atoms with van der Waals surface area (Å²) in [4.78, 5) is 12.2. The lowest BCUT2D eigenvalue weighted by Gasteiger charge is -2.08. The Kier molecular flexibility index (Phi) is 5.79. The van der Waals surface area contributed by atoms with Crippen LogP contribution in [0.3, 0.4) is 0 Å². The molecule has 0 radical (unpaired) electrons. The molecule has 2 aromatic carbocycles. The van der Waals surface area contributed by atoms with Crippen molar-refractivity contribution >= 4 is 39.5 Å². The number of nitriles is 1. The van der Waals surface area contributed by atoms with Gasteiger partial charge in [0.2, 0.25) is 5.91 Å². The third kappa shape index (κ3) is 4.87. The average Bonchev–Trinajstić information content (AvgIpc) is 3.58. The second-order valence-corrected chi connectivity index (χ2v) is 9.15. The van der Waals surface area contributed by atoms with E-state index in [2.05, 4.69) is 15.2 Å². The number of amides is 1. The van der Waals surface area contributed by atoms with Crippen molar-refractivity contribution in [1.82, 2.24) is 5.16 Å². The highest BCUT2D eigenvalue weighted by Crippen LogP contribution is 2.32. The molecule has 1 heterocycles. The Bertz CT molecular complexity index is 1330. The fourth-order valence-electron chi connectivity index (χ4n) is 3.02. The molecule has 0 bridgehead atoms. The monoisotopic (exact) mass is 448 g/mol. The molecule has 8 nitrogen and oxygen atoms in total. The summed E-state index contributed by atoms with van der Waals surface area (Å²) in [6.45, 7) is 1.75. The molecule has 1 saturated carbocycles. The molecule has 4 rings (SSSR count). The van der Waals surface area contributed by atoms with E-state index in [4.69, 9.17) is 9.78 Å². The lowest BCUT2D eigenvalue weighted by atomic mass is 10.2. The number of rotatable bonds is 7. The van der Waals surface area contributed by atoms with Crippen molar-refractivity contribution in [2.75, 3.05) is 10.0 Å². The Morgan fingerprint density at radius 1 is 1.19 bits per heavy atom. The Morgan fingerprint density at radius 2 is 1.94 bits per heavy atom. The van der Waals surface area contributed by atoms with Crippen LogP contribution in [-0.4, -0.2) is 19.5 Å². The van der Waals surface area contributed by atoms with Crippen LogP contribution in [0, 0.1) is 24.2 Å². The van der Waals surface area contributed by atoms with Crippen molar-refractivity contribution in [2.24, 2.45) is 5.92 Å². The van der Waals surface area contributed by atoms with Gasteiger partial charge in [0.25, 0.3) is 10.0 Å². The summed E-state index contributed by atoms with van der Waals surface area (Å²) in [6.07, 6.45) is 5.22. The van der Waals surface area contributed by atoms with Gasteiger partial charge in [0, 0.05) is 5.92 Å². The van der Waals surface area contributed by atoms with Gasteiger partial charge in [-0.25, -0.2) is 8.42 Å². The highest BCUT2D eigenvalue weighted by molar-refractivity contribution is 7.92. The molecule has 9 heteroatoms. The van der Waals surface area contributed by atoms with Crippen molar-refractivity contribution in [3.63, 3.8) is 0 Å². The lowest BCUT2D eigenvalue weighted by molar-refractivity contribution is -0.117. The highest BCUT2D eigenvalue weighted by Gasteiger charge is 2.30. The molecule has 0 saturated heterocycles. The second kappa shape index (κ2) is 8.69. The van der Waals surface area contributed by atoms with Crippen LogP contribution in [0.4, 0.5) is 11.4 Å². The molecule has 2 N–H and O–H groups in total. The van der Waals surface area contributed by atoms with Gasteiger partial charge in [-0.05, 0) is 61.7 Å². The van der Waals surface area contributed by atoms with E-state index in [1.165, 1.54) is 18.2 Å². The molecule has 0 spiro atoms. The first-order valence-electron chi connectivity index (χ1n) is 9.94. The van der Waals surface area contributed by atoms with Crippen molar-refractivity contribution in [3.8, 4) is 6.07 Å². The normalized spacial score (nSPS) is 13.6. The number of nitrogens with zero attached hydrogens (tertiary/aromatic N) is 2. The summed E-state index contributed by atoms with van der Waals surface area (Å²) in [5.74, 6) is 0.451. The summed E-state index contributed by atoms with van der Waals surface area (Å²) in [5, 5.41) is 15.7. The maximum Gasteiger partial charge on any atom is 0.261 e. The molecule has 0 unspecified atom stereocenters. The van der Waals surface area contributed by atoms with Crippen LogP contribution >= 0.6 is 0 Å². The van der Waals surface area contributed by atoms with E-state index in [-0.39, 0.29) is 16.7 Å². The number of aryl methyl sites for hydroxylation is 1. The van der Waals surface area contributed by atoms with E-state index in [9.17, 15) is 13.2 Å². The minimum Gasteiger partial charge on any atom is -0.354 e. The molecule has 1 aromatic heterocycles. The van der Waals surface area contributed by atoms with Gasteiger partial charge in [0.15, 0.2) is 5.76 Å². The predicted octanol–water partition coefficient (Wildman–Crippen LogP) is 4.17. The number of anilines is 2. The first-order valence-corrected chi connectivity index (χ1v) is 11.4. The van der Waals surface area contributed by atoms with Gasteiger partial charge >= 0.3 is 0 Å². The van der Waals surface area contributed by atoms with Gasteiger partial charge in [0.1, 0.15) is 11.4 Å². The van der Waals surface area contributed by atoms with Gasteiger partial charge in [-0.2, -0.15) is 5.26 Å². The van der Waals surface area contributed by atoms with Crippen LogP contribution < -0.4 is 10.0 Å². The number of hydrogen-bond acceptors (Lipinski definition) is 6. The van der Waals surface area contributed by atoms with Crippen molar-refractivity contribution in [1.29, 1.82) is 5.26 Å². The van der Waals surface area contributed by atoms with Gasteiger partial charge in [-0.3, -0.25) is 9.52 Å². The van der Waals surface area contributed by atoms with Gasteiger partial charge in [-0.15, -0.1) is 0 Å². The molecular weight excluding hydrogens is 428 g/mol. The first kappa shape index (κ1) is 21.3. The van der Waals surface area contributed by atoms with Crippen molar-refractivity contribution in [2.45, 2.75) is 24.7 Å². The van der Waals surface area contributed by atoms with Gasteiger partial charge in [0.05, 0.1) is 22.2 Å². The van der Waals surface area contributed by atoms with Crippen LogP contribution in [0.25, 0.3) is 12.2 Å². The number of benzene rings is 2. The van der Waals surface area contributed by atoms with Crippen LogP contribution in [0.15, 0.2) is 57.9 Å². The van der Waals surface area contributed by atoms with E-state index >= 15 is 0 Å². The molecule has 1 aliphatic rings. The quantitative estimate of drug-likeness (QED) is 0.559. The Balaban J connectivity index is 1.47. The topological polar surface area (TPSA) is 125 Å². The predicted molar refractivity (Wildman–Crippen MR) is 120 cm³/mol. The van der Waals surface area contributed by atoms with Crippen LogP contribution in [0.2, 0.25) is 0 Å². The number of carbonyl (C=O) groups excluding carboxylic acids is 1. The maximum absolute atomic E-state index is 12.6. The van der Waals surface area contributed by atoms with Crippen LogP contribution in [0.1, 0.15) is 35.4 Å². The zero-order valence-corrected chi connectivity index (χ0v) is 18.0. The Morgan fingerprint density at radius 3 is 2.62 bits per heavy atom. The minimum atomic E-state index is -3.80. The van der Waals surface area contributed by atoms with Gasteiger partial charge in [-0.1, -0.05) is 29.4 Å². The zero-order valence-electron chi connectivity index (χ0n) is 17.2. The summed E-state index contributed by atoms with van der Waals surface area (Å²) < 4.78 is 33.0. The number of sulfonamides is 1. The second-order valence-electron chi connectivity index (χ2n) is 7.47. The summed E-state index contributed by atoms with van der Waals surface area (Å²) in [5.41, 5.74) is 2.55. The Labute approximate surface area is 185 Å². The van der Waals surface area contributed by atoms with E-state index in [1.54, 1.807) is 49.4 Å². The minimum absolute atomic E-state index is 0.0340. The summed E-state index contributed by atoms with van der Waals surface area (Å²) in [6, 6.07) is 14.5. The number of nitrogens with one attached hydrogen (secondary N) is 2. The summed E-state index contributed by atoms with van der Waals surface area (Å²) in [7, 11) is -3.80. The third-order valence-corrected chi connectivity index (χ3v) is 6.34. The number of hydrogen-bond donors (Lipinski definition) is 2. The molecule has 1 amide bonds. The van der Waals surface area contributed by atoms with Crippen LogP contribution in [0.5, 0.6) is 0 Å². The summed E-state index contributed by atoms with van der Waals surface area (Å²) >= 11 is 0. The molecule has 32 heavy (non-hydrogen) atoms. The fraction of sp³-hybridized carbons (Fsp3) is 0.174. The molecule has 0 atom stereocenters. The van der Waals surface area contributed by atoms with E-state index in [1.807, 2.05) is 6.07 Å². The van der Waals surface area contributed by atoms with E-state index in [0.717, 1.165) is 18.4 Å². The SMILES string of the molecule is Cc1noc(C=Cc2ccc(S(=O)(=O)Nc3cccc(C#N)c3)cc2)c1NC(=O)C1CC1. The van der Waals surface area contributed by atoms with Crippen LogP contribution in [-0.2, 0) is 14.8 Å². The standard InChI is InChI=1S/C23H20N4O4S/c1-15-22(25-23(28)18-8-9-18)21(31-26-15)12-7-16-5-10-20(11-6-16)32(29,30)27-19-4-2-3-17(13-19)14-24/h2-7,10-13,18,27H,8-9H2,1H3,(H,25,28). The van der Waals surface area contributed by atoms with Gasteiger partial charge < -0.3 is 9.84 Å². The third-order valence-electron chi connectivity index (χ3n) is 4.95. The molecular formula is C23H20N4O4S. The van der Waals surface area contributed by atoms with Crippen molar-refractivity contribution in [3.05, 3.63) is 71.1 Å². The first-order chi connectivity index (χ1) is 15.4. The molecule has 1 aliphatic carbocycles. The highest BCUT2D eigenvalue weighted by atomic mass is 32.2. The largest absolute Gasteiger partial charge is 0.354 e. The molecule has 1 fully saturated rings. The Hall–Kier alpha value is -3.90.